The van der Waals surface area contributed by atoms with E-state index in [-0.39, 0.29) is 0 Å². The molecule has 1 aliphatic rings. The highest BCUT2D eigenvalue weighted by Crippen LogP contribution is 2.33. The molecule has 1 saturated heterocycles. The van der Waals surface area contributed by atoms with Crippen molar-refractivity contribution in [1.82, 2.24) is 9.88 Å². The molecule has 0 amide bonds. The molecule has 0 unspecified atom stereocenters. The highest BCUT2D eigenvalue weighted by molar-refractivity contribution is 7.12. The molecule has 1 atom stereocenters. The van der Waals surface area contributed by atoms with Crippen molar-refractivity contribution >= 4 is 11.3 Å². The van der Waals surface area contributed by atoms with Gasteiger partial charge < -0.3 is 4.74 Å². The summed E-state index contributed by atoms with van der Waals surface area (Å²) in [6, 6.07) is 8.69. The molecule has 3 nitrogen and oxygen atoms in total. The van der Waals surface area contributed by atoms with E-state index in [1.165, 1.54) is 34.6 Å². The second-order valence-electron chi connectivity index (χ2n) is 5.88. The molecule has 1 aliphatic heterocycles. The molecule has 0 radical (unpaired) electrons. The van der Waals surface area contributed by atoms with Crippen LogP contribution < -0.4 is 0 Å². The van der Waals surface area contributed by atoms with Crippen LogP contribution in [0.5, 0.6) is 0 Å². The van der Waals surface area contributed by atoms with Gasteiger partial charge in [-0.2, -0.15) is 0 Å². The summed E-state index contributed by atoms with van der Waals surface area (Å²) in [5, 5.41) is 0. The number of hydrogen-bond acceptors (Lipinski definition) is 4. The number of thiophene rings is 1. The number of ether oxygens (including phenoxy) is 1. The average molecular weight is 316 g/mol. The van der Waals surface area contributed by atoms with Crippen molar-refractivity contribution < 1.29 is 4.74 Å². The van der Waals surface area contributed by atoms with Crippen molar-refractivity contribution in [3.05, 3.63) is 52.0 Å². The second-order valence-corrected chi connectivity index (χ2v) is 7.08. The largest absolute Gasteiger partial charge is 0.373 e. The Morgan fingerprint density at radius 2 is 2.27 bits per heavy atom. The van der Waals surface area contributed by atoms with Crippen molar-refractivity contribution in [2.45, 2.75) is 45.4 Å². The minimum Gasteiger partial charge on any atom is -0.373 e. The van der Waals surface area contributed by atoms with E-state index in [1.54, 1.807) is 0 Å². The van der Waals surface area contributed by atoms with E-state index >= 15 is 0 Å². The Hall–Kier alpha value is -1.23. The van der Waals surface area contributed by atoms with Crippen LogP contribution in [-0.4, -0.2) is 23.0 Å². The molecular formula is C18H24N2OS. The number of pyridine rings is 1. The van der Waals surface area contributed by atoms with Crippen LogP contribution in [0, 0.1) is 0 Å². The first-order chi connectivity index (χ1) is 10.8. The minimum absolute atomic E-state index is 0.344. The van der Waals surface area contributed by atoms with Gasteiger partial charge in [0, 0.05) is 41.8 Å². The molecule has 0 N–H and O–H groups in total. The Bertz CT molecular complexity index is 563. The lowest BCUT2D eigenvalue weighted by Crippen LogP contribution is -2.23. The molecule has 118 valence electrons. The molecule has 0 spiro atoms. The zero-order valence-electron chi connectivity index (χ0n) is 13.2. The van der Waals surface area contributed by atoms with Crippen LogP contribution in [0.25, 0.3) is 0 Å². The molecule has 4 heteroatoms. The summed E-state index contributed by atoms with van der Waals surface area (Å²) in [6.45, 7) is 6.25. The summed E-state index contributed by atoms with van der Waals surface area (Å²) < 4.78 is 5.79. The Morgan fingerprint density at radius 3 is 3.00 bits per heavy atom. The average Bonchev–Trinajstić information content (AvgIpc) is 3.19. The fraction of sp³-hybridized carbons (Fsp3) is 0.500. The molecular weight excluding hydrogens is 292 g/mol. The van der Waals surface area contributed by atoms with Gasteiger partial charge in [-0.1, -0.05) is 13.0 Å². The molecule has 2 aromatic heterocycles. The van der Waals surface area contributed by atoms with Crippen molar-refractivity contribution in [3.63, 3.8) is 0 Å². The molecule has 0 aliphatic carbocycles. The van der Waals surface area contributed by atoms with Gasteiger partial charge in [-0.25, -0.2) is 0 Å². The van der Waals surface area contributed by atoms with Crippen LogP contribution in [-0.2, 0) is 17.8 Å². The maximum Gasteiger partial charge on any atom is 0.0917 e. The number of rotatable bonds is 7. The molecule has 3 heterocycles. The van der Waals surface area contributed by atoms with E-state index in [2.05, 4.69) is 35.0 Å². The Balaban J connectivity index is 1.63. The summed E-state index contributed by atoms with van der Waals surface area (Å²) in [7, 11) is 0. The van der Waals surface area contributed by atoms with Gasteiger partial charge in [0.05, 0.1) is 6.10 Å². The zero-order chi connectivity index (χ0) is 15.2. The van der Waals surface area contributed by atoms with E-state index < -0.39 is 0 Å². The monoisotopic (exact) mass is 316 g/mol. The number of nitrogens with zero attached hydrogens (tertiary/aromatic N) is 2. The van der Waals surface area contributed by atoms with E-state index in [0.29, 0.717) is 6.10 Å². The van der Waals surface area contributed by atoms with Gasteiger partial charge in [0.1, 0.15) is 0 Å². The number of hydrogen-bond donors (Lipinski definition) is 0. The number of aromatic nitrogens is 1. The van der Waals surface area contributed by atoms with Crippen molar-refractivity contribution in [3.8, 4) is 0 Å². The predicted octanol–water partition coefficient (Wildman–Crippen LogP) is 4.41. The second kappa shape index (κ2) is 7.86. The third-order valence-electron chi connectivity index (χ3n) is 3.98. The predicted molar refractivity (Wildman–Crippen MR) is 90.9 cm³/mol. The standard InChI is InChI=1S/C18H24N2OS/c1-2-10-20(13-15-5-3-9-19-12-15)14-16-7-8-18(22-16)17-6-4-11-21-17/h3,5,7-9,12,17H,2,4,6,10-11,13-14H2,1H3/t17-/m0/s1. The van der Waals surface area contributed by atoms with Crippen LogP contribution in [0.2, 0.25) is 0 Å². The molecule has 0 aromatic carbocycles. The van der Waals surface area contributed by atoms with Gasteiger partial charge in [-0.3, -0.25) is 9.88 Å². The highest BCUT2D eigenvalue weighted by Gasteiger charge is 2.19. The third kappa shape index (κ3) is 4.15. The van der Waals surface area contributed by atoms with Crippen LogP contribution >= 0.6 is 11.3 Å². The summed E-state index contributed by atoms with van der Waals surface area (Å²) in [5.74, 6) is 0. The molecule has 0 saturated carbocycles. The van der Waals surface area contributed by atoms with Crippen LogP contribution in [0.15, 0.2) is 36.7 Å². The van der Waals surface area contributed by atoms with Gasteiger partial charge in [0.2, 0.25) is 0 Å². The van der Waals surface area contributed by atoms with Crippen molar-refractivity contribution in [2.75, 3.05) is 13.2 Å². The zero-order valence-corrected chi connectivity index (χ0v) is 14.0. The molecule has 1 fully saturated rings. The SMILES string of the molecule is CCCN(Cc1cccnc1)Cc1ccc([C@@H]2CCCO2)s1. The van der Waals surface area contributed by atoms with E-state index in [4.69, 9.17) is 4.74 Å². The van der Waals surface area contributed by atoms with Crippen molar-refractivity contribution in [2.24, 2.45) is 0 Å². The van der Waals surface area contributed by atoms with Gasteiger partial charge >= 0.3 is 0 Å². The first-order valence-electron chi connectivity index (χ1n) is 8.16. The summed E-state index contributed by atoms with van der Waals surface area (Å²) >= 11 is 1.91. The van der Waals surface area contributed by atoms with E-state index in [1.807, 2.05) is 29.8 Å². The molecule has 3 rings (SSSR count). The Morgan fingerprint density at radius 1 is 1.32 bits per heavy atom. The highest BCUT2D eigenvalue weighted by atomic mass is 32.1. The third-order valence-corrected chi connectivity index (χ3v) is 5.14. The fourth-order valence-electron chi connectivity index (χ4n) is 2.96. The minimum atomic E-state index is 0.344. The normalized spacial score (nSPS) is 18.2. The van der Waals surface area contributed by atoms with Gasteiger partial charge in [0.25, 0.3) is 0 Å². The summed E-state index contributed by atoms with van der Waals surface area (Å²) in [4.78, 5) is 9.55. The lowest BCUT2D eigenvalue weighted by molar-refractivity contribution is 0.114. The Labute approximate surface area is 137 Å². The Kier molecular flexibility index (Phi) is 5.59. The molecule has 22 heavy (non-hydrogen) atoms. The van der Waals surface area contributed by atoms with Gasteiger partial charge in [-0.15, -0.1) is 11.3 Å². The maximum absolute atomic E-state index is 5.79. The first kappa shape index (κ1) is 15.7. The quantitative estimate of drug-likeness (QED) is 0.756. The topological polar surface area (TPSA) is 25.4 Å². The van der Waals surface area contributed by atoms with Crippen LogP contribution in [0.1, 0.15) is 47.6 Å². The maximum atomic E-state index is 5.79. The van der Waals surface area contributed by atoms with E-state index in [0.717, 1.165) is 26.2 Å². The molecule has 0 bridgehead atoms. The summed E-state index contributed by atoms with van der Waals surface area (Å²) in [6.07, 6.45) is 7.69. The molecule has 2 aromatic rings. The fourth-order valence-corrected chi connectivity index (χ4v) is 4.09. The van der Waals surface area contributed by atoms with Crippen LogP contribution in [0.3, 0.4) is 0 Å². The van der Waals surface area contributed by atoms with Gasteiger partial charge in [-0.05, 0) is 49.6 Å². The van der Waals surface area contributed by atoms with Gasteiger partial charge in [0.15, 0.2) is 0 Å². The summed E-state index contributed by atoms with van der Waals surface area (Å²) in [5.41, 5.74) is 1.28. The van der Waals surface area contributed by atoms with Crippen molar-refractivity contribution in [1.29, 1.82) is 0 Å². The van der Waals surface area contributed by atoms with E-state index in [9.17, 15) is 0 Å². The lowest BCUT2D eigenvalue weighted by Gasteiger charge is -2.20. The smallest absolute Gasteiger partial charge is 0.0917 e. The van der Waals surface area contributed by atoms with Crippen LogP contribution in [0.4, 0.5) is 0 Å². The first-order valence-corrected chi connectivity index (χ1v) is 8.98. The lowest BCUT2D eigenvalue weighted by atomic mass is 10.2.